The van der Waals surface area contributed by atoms with E-state index < -0.39 is 0 Å². The van der Waals surface area contributed by atoms with Crippen molar-refractivity contribution in [1.29, 1.82) is 0 Å². The Hall–Kier alpha value is -1.36. The summed E-state index contributed by atoms with van der Waals surface area (Å²) in [6.45, 7) is 0. The average molecular weight is 365 g/mol. The fraction of sp³-hybridized carbons (Fsp3) is 0.188. The minimum atomic E-state index is 1.20. The first-order valence-corrected chi connectivity index (χ1v) is 7.26. The zero-order valence-electron chi connectivity index (χ0n) is 11.5. The number of anilines is 1. The Morgan fingerprint density at radius 2 is 1.68 bits per heavy atom. The molecule has 0 aliphatic rings. The number of benzene rings is 1. The number of hydrogen-bond donors (Lipinski definition) is 0. The molecule has 0 N–H and O–H groups in total. The van der Waals surface area contributed by atoms with E-state index in [1.807, 2.05) is 0 Å². The molecule has 0 saturated heterocycles. The predicted octanol–water partition coefficient (Wildman–Crippen LogP) is 3.35. The molecule has 0 spiro atoms. The number of halogens is 1. The van der Waals surface area contributed by atoms with Crippen LogP contribution in [0.1, 0.15) is 11.3 Å². The van der Waals surface area contributed by atoms with Gasteiger partial charge in [0.05, 0.1) is 0 Å². The van der Waals surface area contributed by atoms with Crippen LogP contribution in [0.15, 0.2) is 42.5 Å². The van der Waals surface area contributed by atoms with Crippen molar-refractivity contribution in [3.05, 3.63) is 57.4 Å². The number of hydrogen-bond acceptors (Lipinski definition) is 1. The van der Waals surface area contributed by atoms with Gasteiger partial charge in [-0.15, -0.1) is 0 Å². The molecular weight excluding hydrogens is 347 g/mol. The second kappa shape index (κ2) is 6.19. The SMILES string of the molecule is CN(C)c1ccc(/C=C/c2cccc(I)[n+]2C)cc1. The quantitative estimate of drug-likeness (QED) is 0.460. The molecule has 1 aromatic heterocycles. The number of nitrogens with zero attached hydrogens (tertiary/aromatic N) is 2. The summed E-state index contributed by atoms with van der Waals surface area (Å²) in [6, 6.07) is 14.8. The van der Waals surface area contributed by atoms with Crippen molar-refractivity contribution < 1.29 is 4.57 Å². The van der Waals surface area contributed by atoms with Crippen molar-refractivity contribution in [3.8, 4) is 0 Å². The number of aromatic nitrogens is 1. The molecule has 2 rings (SSSR count). The molecule has 19 heavy (non-hydrogen) atoms. The topological polar surface area (TPSA) is 7.12 Å². The molecule has 3 heteroatoms. The molecule has 0 radical (unpaired) electrons. The van der Waals surface area contributed by atoms with E-state index in [0.717, 1.165) is 0 Å². The van der Waals surface area contributed by atoms with E-state index in [-0.39, 0.29) is 0 Å². The van der Waals surface area contributed by atoms with Crippen molar-refractivity contribution in [2.75, 3.05) is 19.0 Å². The van der Waals surface area contributed by atoms with E-state index >= 15 is 0 Å². The van der Waals surface area contributed by atoms with Crippen molar-refractivity contribution >= 4 is 40.4 Å². The molecule has 0 unspecified atom stereocenters. The maximum atomic E-state index is 2.34. The van der Waals surface area contributed by atoms with Crippen LogP contribution in [0.3, 0.4) is 0 Å². The van der Waals surface area contributed by atoms with Crippen molar-refractivity contribution in [3.63, 3.8) is 0 Å². The summed E-state index contributed by atoms with van der Waals surface area (Å²) < 4.78 is 3.40. The smallest absolute Gasteiger partial charge is 0.241 e. The predicted molar refractivity (Wildman–Crippen MR) is 90.0 cm³/mol. The molecule has 0 aliphatic carbocycles. The highest BCUT2D eigenvalue weighted by Crippen LogP contribution is 2.14. The Kier molecular flexibility index (Phi) is 4.58. The highest BCUT2D eigenvalue weighted by atomic mass is 127. The van der Waals surface area contributed by atoms with Gasteiger partial charge >= 0.3 is 0 Å². The first-order chi connectivity index (χ1) is 9.08. The van der Waals surface area contributed by atoms with Gasteiger partial charge in [0.1, 0.15) is 7.05 Å². The summed E-state index contributed by atoms with van der Waals surface area (Å²) in [4.78, 5) is 2.10. The van der Waals surface area contributed by atoms with Crippen LogP contribution in [-0.2, 0) is 7.05 Å². The van der Waals surface area contributed by atoms with E-state index in [0.29, 0.717) is 0 Å². The van der Waals surface area contributed by atoms with Gasteiger partial charge in [0.2, 0.25) is 9.39 Å². The van der Waals surface area contributed by atoms with E-state index in [1.165, 1.54) is 20.6 Å². The lowest BCUT2D eigenvalue weighted by molar-refractivity contribution is -0.686. The van der Waals surface area contributed by atoms with Gasteiger partial charge in [-0.2, -0.15) is 4.57 Å². The zero-order valence-corrected chi connectivity index (χ0v) is 13.6. The van der Waals surface area contributed by atoms with Gasteiger partial charge in [0.25, 0.3) is 0 Å². The minimum Gasteiger partial charge on any atom is -0.378 e. The van der Waals surface area contributed by atoms with Crippen molar-refractivity contribution in [2.24, 2.45) is 7.05 Å². The maximum absolute atomic E-state index is 2.34. The molecule has 0 aliphatic heterocycles. The third-order valence-corrected chi connectivity index (χ3v) is 4.15. The Morgan fingerprint density at radius 1 is 1.00 bits per heavy atom. The third-order valence-electron chi connectivity index (χ3n) is 3.06. The maximum Gasteiger partial charge on any atom is 0.241 e. The van der Waals surface area contributed by atoms with Crippen LogP contribution in [-0.4, -0.2) is 14.1 Å². The van der Waals surface area contributed by atoms with Crippen molar-refractivity contribution in [1.82, 2.24) is 0 Å². The van der Waals surface area contributed by atoms with Gasteiger partial charge in [-0.1, -0.05) is 12.1 Å². The first-order valence-electron chi connectivity index (χ1n) is 6.18. The summed E-state index contributed by atoms with van der Waals surface area (Å²) in [5.41, 5.74) is 3.63. The zero-order chi connectivity index (χ0) is 13.8. The van der Waals surface area contributed by atoms with Gasteiger partial charge in [-0.05, 0) is 29.8 Å². The van der Waals surface area contributed by atoms with Crippen LogP contribution in [0.25, 0.3) is 12.2 Å². The number of rotatable bonds is 3. The third kappa shape index (κ3) is 3.56. The summed E-state index contributed by atoms with van der Waals surface area (Å²) in [7, 11) is 6.18. The molecule has 1 aromatic carbocycles. The molecule has 98 valence electrons. The molecule has 1 heterocycles. The molecule has 0 saturated carbocycles. The molecule has 2 aromatic rings. The second-order valence-corrected chi connectivity index (χ2v) is 5.76. The van der Waals surface area contributed by atoms with Gasteiger partial charge in [0, 0.05) is 60.6 Å². The lowest BCUT2D eigenvalue weighted by Crippen LogP contribution is -2.35. The summed E-state index contributed by atoms with van der Waals surface area (Å²) >= 11 is 2.34. The average Bonchev–Trinajstić information content (AvgIpc) is 2.41. The summed E-state index contributed by atoms with van der Waals surface area (Å²) in [5, 5.41) is 0. The van der Waals surface area contributed by atoms with E-state index in [2.05, 4.69) is 108 Å². The van der Waals surface area contributed by atoms with Crippen LogP contribution in [0.2, 0.25) is 0 Å². The van der Waals surface area contributed by atoms with Gasteiger partial charge < -0.3 is 4.90 Å². The Balaban J connectivity index is 2.20. The summed E-state index contributed by atoms with van der Waals surface area (Å²) in [6.07, 6.45) is 4.29. The molecule has 0 atom stereocenters. The van der Waals surface area contributed by atoms with Crippen LogP contribution in [0, 0.1) is 3.70 Å². The van der Waals surface area contributed by atoms with Gasteiger partial charge in [0.15, 0.2) is 0 Å². The Labute approximate surface area is 128 Å². The molecule has 0 bridgehead atoms. The Morgan fingerprint density at radius 3 is 2.32 bits per heavy atom. The number of pyridine rings is 1. The fourth-order valence-electron chi connectivity index (χ4n) is 1.81. The standard InChI is InChI=1S/C16H18IN2/c1-18(2)14-10-7-13(8-11-14)9-12-15-5-4-6-16(17)19(15)3/h4-12H,1-3H3/q+1. The minimum absolute atomic E-state index is 1.20. The second-order valence-electron chi connectivity index (χ2n) is 4.65. The van der Waals surface area contributed by atoms with Crippen molar-refractivity contribution in [2.45, 2.75) is 0 Å². The van der Waals surface area contributed by atoms with Crippen LogP contribution >= 0.6 is 22.6 Å². The fourth-order valence-corrected chi connectivity index (χ4v) is 2.29. The lowest BCUT2D eigenvalue weighted by Gasteiger charge is -2.11. The molecule has 2 nitrogen and oxygen atoms in total. The first kappa shape index (κ1) is 14.1. The Bertz CT molecular complexity index is 586. The van der Waals surface area contributed by atoms with Crippen LogP contribution < -0.4 is 9.47 Å². The van der Waals surface area contributed by atoms with Gasteiger partial charge in [-0.25, -0.2) is 0 Å². The van der Waals surface area contributed by atoms with E-state index in [4.69, 9.17) is 0 Å². The monoisotopic (exact) mass is 365 g/mol. The molecule has 0 amide bonds. The van der Waals surface area contributed by atoms with E-state index in [1.54, 1.807) is 0 Å². The van der Waals surface area contributed by atoms with Gasteiger partial charge in [-0.3, -0.25) is 0 Å². The van der Waals surface area contributed by atoms with E-state index in [9.17, 15) is 0 Å². The normalized spacial score (nSPS) is 10.9. The highest BCUT2D eigenvalue weighted by molar-refractivity contribution is 14.1. The van der Waals surface area contributed by atoms with Crippen LogP contribution in [0.5, 0.6) is 0 Å². The van der Waals surface area contributed by atoms with Crippen LogP contribution in [0.4, 0.5) is 5.69 Å². The largest absolute Gasteiger partial charge is 0.378 e. The molecule has 0 fully saturated rings. The molecular formula is C16H18IN2+. The highest BCUT2D eigenvalue weighted by Gasteiger charge is 2.05. The summed E-state index contributed by atoms with van der Waals surface area (Å²) in [5.74, 6) is 0. The lowest BCUT2D eigenvalue weighted by atomic mass is 10.1.